The number of methoxy groups -OCH3 is 2. The Bertz CT molecular complexity index is 617. The van der Waals surface area contributed by atoms with E-state index in [1.807, 2.05) is 18.2 Å². The van der Waals surface area contributed by atoms with Crippen LogP contribution in [0, 0.1) is 5.92 Å². The Kier molecular flexibility index (Phi) is 5.41. The van der Waals surface area contributed by atoms with Gasteiger partial charge in [-0.25, -0.2) is 4.98 Å². The van der Waals surface area contributed by atoms with Crippen LogP contribution in [0.5, 0.6) is 11.5 Å². The molecular weight excluding hydrogens is 280 g/mol. The third-order valence-electron chi connectivity index (χ3n) is 2.99. The van der Waals surface area contributed by atoms with Crippen LogP contribution in [-0.4, -0.2) is 30.7 Å². The molecule has 2 aromatic rings. The summed E-state index contributed by atoms with van der Waals surface area (Å²) in [5.74, 6) is 3.28. The fourth-order valence-electron chi connectivity index (χ4n) is 1.86. The van der Waals surface area contributed by atoms with E-state index in [4.69, 9.17) is 9.47 Å². The summed E-state index contributed by atoms with van der Waals surface area (Å²) >= 11 is 0. The molecule has 0 amide bonds. The second-order valence-electron chi connectivity index (χ2n) is 5.23. The van der Waals surface area contributed by atoms with E-state index in [0.29, 0.717) is 17.7 Å². The quantitative estimate of drug-likeness (QED) is 0.818. The normalized spacial score (nSPS) is 10.4. The molecule has 6 nitrogen and oxygen atoms in total. The predicted molar refractivity (Wildman–Crippen MR) is 88.2 cm³/mol. The molecule has 0 radical (unpaired) electrons. The van der Waals surface area contributed by atoms with Crippen molar-refractivity contribution in [3.05, 3.63) is 30.5 Å². The zero-order valence-electron chi connectivity index (χ0n) is 13.4. The van der Waals surface area contributed by atoms with Gasteiger partial charge in [-0.3, -0.25) is 0 Å². The van der Waals surface area contributed by atoms with Crippen molar-refractivity contribution in [1.82, 2.24) is 9.97 Å². The van der Waals surface area contributed by atoms with Gasteiger partial charge in [0.05, 0.1) is 19.9 Å². The van der Waals surface area contributed by atoms with Crippen LogP contribution in [-0.2, 0) is 0 Å². The molecule has 2 N–H and O–H groups in total. The van der Waals surface area contributed by atoms with Gasteiger partial charge in [0.2, 0.25) is 5.95 Å². The molecule has 0 bridgehead atoms. The Morgan fingerprint density at radius 2 is 1.95 bits per heavy atom. The number of rotatable bonds is 7. The van der Waals surface area contributed by atoms with Crippen molar-refractivity contribution in [1.29, 1.82) is 0 Å². The average Bonchev–Trinajstić information content (AvgIpc) is 2.53. The molecule has 118 valence electrons. The van der Waals surface area contributed by atoms with Crippen LogP contribution in [0.2, 0.25) is 0 Å². The molecule has 0 unspecified atom stereocenters. The third kappa shape index (κ3) is 4.25. The number of ether oxygens (including phenoxy) is 2. The van der Waals surface area contributed by atoms with Crippen molar-refractivity contribution in [3.63, 3.8) is 0 Å². The summed E-state index contributed by atoms with van der Waals surface area (Å²) in [6.07, 6.45) is 1.71. The Morgan fingerprint density at radius 1 is 1.14 bits per heavy atom. The van der Waals surface area contributed by atoms with E-state index in [2.05, 4.69) is 34.4 Å². The second-order valence-corrected chi connectivity index (χ2v) is 5.23. The first-order valence-corrected chi connectivity index (χ1v) is 7.18. The Hall–Kier alpha value is -2.50. The molecule has 0 saturated carbocycles. The lowest BCUT2D eigenvalue weighted by molar-refractivity contribution is 0.405. The first-order valence-electron chi connectivity index (χ1n) is 7.18. The van der Waals surface area contributed by atoms with Crippen LogP contribution < -0.4 is 20.1 Å². The molecule has 1 aromatic carbocycles. The van der Waals surface area contributed by atoms with Crippen molar-refractivity contribution in [2.24, 2.45) is 5.92 Å². The standard InChI is InChI=1S/C16H22N4O2/c1-11(2)10-18-16-17-8-7-15(20-16)19-13-9-12(21-3)5-6-14(13)22-4/h5-9,11H,10H2,1-4H3,(H2,17,18,19,20). The molecule has 0 atom stereocenters. The highest BCUT2D eigenvalue weighted by molar-refractivity contribution is 5.66. The predicted octanol–water partition coefficient (Wildman–Crippen LogP) is 3.31. The van der Waals surface area contributed by atoms with Crippen LogP contribution in [0.1, 0.15) is 13.8 Å². The number of nitrogens with one attached hydrogen (secondary N) is 2. The van der Waals surface area contributed by atoms with Gasteiger partial charge in [0.1, 0.15) is 17.3 Å². The lowest BCUT2D eigenvalue weighted by Gasteiger charge is -2.13. The van der Waals surface area contributed by atoms with Gasteiger partial charge in [-0.1, -0.05) is 13.8 Å². The maximum absolute atomic E-state index is 5.35. The van der Waals surface area contributed by atoms with Gasteiger partial charge < -0.3 is 20.1 Å². The molecule has 0 spiro atoms. The summed E-state index contributed by atoms with van der Waals surface area (Å²) in [6.45, 7) is 5.10. The number of benzene rings is 1. The Morgan fingerprint density at radius 3 is 2.64 bits per heavy atom. The fourth-order valence-corrected chi connectivity index (χ4v) is 1.86. The molecule has 1 aromatic heterocycles. The largest absolute Gasteiger partial charge is 0.497 e. The molecule has 22 heavy (non-hydrogen) atoms. The van der Waals surface area contributed by atoms with E-state index < -0.39 is 0 Å². The van der Waals surface area contributed by atoms with Gasteiger partial charge in [-0.2, -0.15) is 4.98 Å². The minimum atomic E-state index is 0.527. The van der Waals surface area contributed by atoms with Crippen molar-refractivity contribution in [2.45, 2.75) is 13.8 Å². The number of hydrogen-bond donors (Lipinski definition) is 2. The Labute approximate surface area is 130 Å². The van der Waals surface area contributed by atoms with E-state index in [9.17, 15) is 0 Å². The third-order valence-corrected chi connectivity index (χ3v) is 2.99. The van der Waals surface area contributed by atoms with Crippen molar-refractivity contribution >= 4 is 17.5 Å². The van der Waals surface area contributed by atoms with Gasteiger partial charge in [0.25, 0.3) is 0 Å². The van der Waals surface area contributed by atoms with E-state index in [-0.39, 0.29) is 0 Å². The zero-order chi connectivity index (χ0) is 15.9. The molecule has 0 saturated heterocycles. The van der Waals surface area contributed by atoms with Gasteiger partial charge in [-0.05, 0) is 24.1 Å². The monoisotopic (exact) mass is 302 g/mol. The lowest BCUT2D eigenvalue weighted by atomic mass is 10.2. The van der Waals surface area contributed by atoms with Gasteiger partial charge >= 0.3 is 0 Å². The molecule has 0 aliphatic heterocycles. The van der Waals surface area contributed by atoms with E-state index in [1.165, 1.54) is 0 Å². The van der Waals surface area contributed by atoms with Crippen LogP contribution in [0.3, 0.4) is 0 Å². The lowest BCUT2D eigenvalue weighted by Crippen LogP contribution is -2.11. The highest BCUT2D eigenvalue weighted by Crippen LogP contribution is 2.31. The second kappa shape index (κ2) is 7.49. The molecule has 2 rings (SSSR count). The van der Waals surface area contributed by atoms with Crippen LogP contribution >= 0.6 is 0 Å². The molecule has 1 heterocycles. The molecule has 0 fully saturated rings. The summed E-state index contributed by atoms with van der Waals surface area (Å²) in [5, 5.41) is 6.43. The number of nitrogens with zero attached hydrogens (tertiary/aromatic N) is 2. The molecular formula is C16H22N4O2. The minimum Gasteiger partial charge on any atom is -0.497 e. The minimum absolute atomic E-state index is 0.527. The van der Waals surface area contributed by atoms with Crippen molar-refractivity contribution in [2.75, 3.05) is 31.4 Å². The highest BCUT2D eigenvalue weighted by Gasteiger charge is 2.07. The van der Waals surface area contributed by atoms with Gasteiger partial charge in [0, 0.05) is 18.8 Å². The van der Waals surface area contributed by atoms with Crippen molar-refractivity contribution < 1.29 is 9.47 Å². The molecule has 0 aliphatic rings. The maximum Gasteiger partial charge on any atom is 0.224 e. The van der Waals surface area contributed by atoms with E-state index in [1.54, 1.807) is 26.5 Å². The van der Waals surface area contributed by atoms with E-state index in [0.717, 1.165) is 23.7 Å². The SMILES string of the molecule is COc1ccc(OC)c(Nc2ccnc(NCC(C)C)n2)c1. The summed E-state index contributed by atoms with van der Waals surface area (Å²) in [5.41, 5.74) is 0.787. The van der Waals surface area contributed by atoms with Crippen LogP contribution in [0.4, 0.5) is 17.5 Å². The smallest absolute Gasteiger partial charge is 0.224 e. The zero-order valence-corrected chi connectivity index (χ0v) is 13.4. The van der Waals surface area contributed by atoms with E-state index >= 15 is 0 Å². The summed E-state index contributed by atoms with van der Waals surface area (Å²) in [4.78, 5) is 8.65. The van der Waals surface area contributed by atoms with Crippen LogP contribution in [0.15, 0.2) is 30.5 Å². The number of anilines is 3. The Balaban J connectivity index is 2.18. The topological polar surface area (TPSA) is 68.3 Å². The molecule has 6 heteroatoms. The average molecular weight is 302 g/mol. The summed E-state index contributed by atoms with van der Waals surface area (Å²) < 4.78 is 10.6. The maximum atomic E-state index is 5.35. The fraction of sp³-hybridized carbons (Fsp3) is 0.375. The van der Waals surface area contributed by atoms with Crippen LogP contribution in [0.25, 0.3) is 0 Å². The summed E-state index contributed by atoms with van der Waals surface area (Å²) in [7, 11) is 3.26. The molecule has 0 aliphatic carbocycles. The first-order chi connectivity index (χ1) is 10.6. The van der Waals surface area contributed by atoms with Gasteiger partial charge in [0.15, 0.2) is 0 Å². The highest BCUT2D eigenvalue weighted by atomic mass is 16.5. The number of hydrogen-bond acceptors (Lipinski definition) is 6. The summed E-state index contributed by atoms with van der Waals surface area (Å²) in [6, 6.07) is 7.36. The van der Waals surface area contributed by atoms with Gasteiger partial charge in [-0.15, -0.1) is 0 Å². The first kappa shape index (κ1) is 15.9. The number of aromatic nitrogens is 2. The van der Waals surface area contributed by atoms with Crippen molar-refractivity contribution in [3.8, 4) is 11.5 Å².